The minimum atomic E-state index is -0.162. The average molecular weight is 488 g/mol. The van der Waals surface area contributed by atoms with Crippen LogP contribution in [0.4, 0.5) is 11.8 Å². The van der Waals surface area contributed by atoms with E-state index in [9.17, 15) is 0 Å². The lowest BCUT2D eigenvalue weighted by atomic mass is 10.1. The van der Waals surface area contributed by atoms with Gasteiger partial charge in [0.1, 0.15) is 23.3 Å². The summed E-state index contributed by atoms with van der Waals surface area (Å²) in [5.41, 5.74) is 18.8. The number of nitrogens with zero attached hydrogens (tertiary/aromatic N) is 7. The van der Waals surface area contributed by atoms with Crippen LogP contribution in [0.2, 0.25) is 0 Å². The minimum absolute atomic E-state index is 0.128. The zero-order valence-corrected chi connectivity index (χ0v) is 19.8. The van der Waals surface area contributed by atoms with Crippen molar-refractivity contribution >= 4 is 44.9 Å². The van der Waals surface area contributed by atoms with E-state index in [4.69, 9.17) is 21.0 Å². The Bertz CT molecular complexity index is 1930. The summed E-state index contributed by atoms with van der Waals surface area (Å²) in [6, 6.07) is 17.8. The molecule has 0 aliphatic heterocycles. The minimum Gasteiger partial charge on any atom is -0.424 e. The quantitative estimate of drug-likeness (QED) is 0.363. The summed E-state index contributed by atoms with van der Waals surface area (Å²) in [6.07, 6.45) is 7.06. The molecule has 0 saturated carbocycles. The number of oxazole rings is 1. The second kappa shape index (κ2) is 7.89. The van der Waals surface area contributed by atoms with Crippen molar-refractivity contribution in [3.05, 3.63) is 85.2 Å². The van der Waals surface area contributed by atoms with Gasteiger partial charge in [-0.2, -0.15) is 10.1 Å². The lowest BCUT2D eigenvalue weighted by Crippen LogP contribution is -2.08. The number of anilines is 2. The zero-order chi connectivity index (χ0) is 25.1. The van der Waals surface area contributed by atoms with E-state index < -0.39 is 0 Å². The number of nitrogen functional groups attached to an aromatic ring is 2. The van der Waals surface area contributed by atoms with Gasteiger partial charge in [-0.25, -0.2) is 14.6 Å². The van der Waals surface area contributed by atoms with Crippen LogP contribution in [0.15, 0.2) is 83.9 Å². The van der Waals surface area contributed by atoms with Crippen LogP contribution in [0.25, 0.3) is 49.9 Å². The van der Waals surface area contributed by atoms with Crippen molar-refractivity contribution < 1.29 is 4.42 Å². The normalized spacial score (nSPS) is 12.6. The van der Waals surface area contributed by atoms with Gasteiger partial charge < -0.3 is 20.5 Å². The predicted molar refractivity (Wildman–Crippen MR) is 142 cm³/mol. The molecule has 5 heterocycles. The molecule has 10 nitrogen and oxygen atoms in total. The summed E-state index contributed by atoms with van der Waals surface area (Å²) >= 11 is 0. The molecule has 0 amide bonds. The first-order valence-corrected chi connectivity index (χ1v) is 11.7. The molecule has 1 atom stereocenters. The first kappa shape index (κ1) is 21.1. The number of aromatic nitrogens is 7. The number of nitrogens with two attached hydrogens (primary N) is 2. The van der Waals surface area contributed by atoms with E-state index >= 15 is 0 Å². The molecule has 0 fully saturated rings. The van der Waals surface area contributed by atoms with Gasteiger partial charge in [-0.3, -0.25) is 4.98 Å². The van der Waals surface area contributed by atoms with Gasteiger partial charge in [0.25, 0.3) is 6.01 Å². The van der Waals surface area contributed by atoms with E-state index in [1.807, 2.05) is 53.3 Å². The van der Waals surface area contributed by atoms with Crippen LogP contribution in [-0.2, 0) is 0 Å². The second-order valence-corrected chi connectivity index (χ2v) is 8.84. The molecule has 5 aromatic heterocycles. The molecule has 2 aromatic carbocycles. The van der Waals surface area contributed by atoms with Crippen LogP contribution in [0.1, 0.15) is 18.7 Å². The first-order chi connectivity index (χ1) is 18.1. The Balaban J connectivity index is 1.44. The fourth-order valence-corrected chi connectivity index (χ4v) is 4.95. The number of hydrogen-bond donors (Lipinski definition) is 2. The SMILES string of the molecule is CC(c1nn(-c2ccncc2)c2ccccc12)n1cc(-c2ccc3oc(N)nc3c2)c2c(N)ncnc21. The van der Waals surface area contributed by atoms with E-state index in [-0.39, 0.29) is 12.1 Å². The fourth-order valence-electron chi connectivity index (χ4n) is 4.95. The Morgan fingerprint density at radius 2 is 1.81 bits per heavy atom. The molecular weight excluding hydrogens is 466 g/mol. The Hall–Kier alpha value is -5.25. The Labute approximate surface area is 210 Å². The van der Waals surface area contributed by atoms with Crippen LogP contribution in [0, 0.1) is 0 Å². The second-order valence-electron chi connectivity index (χ2n) is 8.84. The molecule has 10 heteroatoms. The molecule has 0 aliphatic carbocycles. The standard InChI is InChI=1S/C27H21N9O/c1-15(24-18-4-2-3-5-21(18)36(34-24)17-8-10-30-11-9-17)35-13-19(23-25(28)31-14-32-26(23)35)16-6-7-22-20(12-16)33-27(29)37-22/h2-15H,1H3,(H2,29,33)(H2,28,31,32). The van der Waals surface area contributed by atoms with Crippen LogP contribution < -0.4 is 11.5 Å². The molecule has 7 rings (SSSR count). The average Bonchev–Trinajstić information content (AvgIpc) is 3.61. The molecule has 0 spiro atoms. The van der Waals surface area contributed by atoms with Gasteiger partial charge in [-0.15, -0.1) is 0 Å². The van der Waals surface area contributed by atoms with Crippen molar-refractivity contribution in [2.75, 3.05) is 11.5 Å². The van der Waals surface area contributed by atoms with Crippen molar-refractivity contribution in [2.45, 2.75) is 13.0 Å². The van der Waals surface area contributed by atoms with Crippen molar-refractivity contribution in [1.82, 2.24) is 34.3 Å². The molecule has 37 heavy (non-hydrogen) atoms. The number of para-hydroxylation sites is 1. The molecule has 0 saturated heterocycles. The molecule has 180 valence electrons. The maximum Gasteiger partial charge on any atom is 0.292 e. The Morgan fingerprint density at radius 1 is 0.973 bits per heavy atom. The fraction of sp³-hybridized carbons (Fsp3) is 0.0741. The smallest absolute Gasteiger partial charge is 0.292 e. The molecular formula is C27H21N9O. The molecule has 0 bridgehead atoms. The lowest BCUT2D eigenvalue weighted by Gasteiger charge is -2.13. The van der Waals surface area contributed by atoms with Gasteiger partial charge in [-0.05, 0) is 42.8 Å². The Kier molecular flexibility index (Phi) is 4.49. The molecule has 0 aliphatic rings. The van der Waals surface area contributed by atoms with E-state index in [0.717, 1.165) is 44.4 Å². The highest BCUT2D eigenvalue weighted by molar-refractivity contribution is 6.02. The van der Waals surface area contributed by atoms with Crippen molar-refractivity contribution in [3.63, 3.8) is 0 Å². The number of fused-ring (bicyclic) bond motifs is 3. The summed E-state index contributed by atoms with van der Waals surface area (Å²) in [5.74, 6) is 0.401. The third-order valence-electron chi connectivity index (χ3n) is 6.69. The van der Waals surface area contributed by atoms with Crippen molar-refractivity contribution in [3.8, 4) is 16.8 Å². The molecule has 7 aromatic rings. The molecule has 4 N–H and O–H groups in total. The summed E-state index contributed by atoms with van der Waals surface area (Å²) in [4.78, 5) is 17.3. The molecule has 1 unspecified atom stereocenters. The summed E-state index contributed by atoms with van der Waals surface area (Å²) in [6.45, 7) is 2.11. The van der Waals surface area contributed by atoms with Gasteiger partial charge in [0.05, 0.1) is 28.3 Å². The third kappa shape index (κ3) is 3.23. The van der Waals surface area contributed by atoms with Gasteiger partial charge >= 0.3 is 0 Å². The first-order valence-electron chi connectivity index (χ1n) is 11.7. The number of pyridine rings is 1. The highest BCUT2D eigenvalue weighted by Crippen LogP contribution is 2.38. The topological polar surface area (TPSA) is 139 Å². The largest absolute Gasteiger partial charge is 0.424 e. The van der Waals surface area contributed by atoms with Gasteiger partial charge in [0.2, 0.25) is 0 Å². The number of benzene rings is 2. The summed E-state index contributed by atoms with van der Waals surface area (Å²) < 4.78 is 9.49. The maximum absolute atomic E-state index is 6.39. The monoisotopic (exact) mass is 487 g/mol. The van der Waals surface area contributed by atoms with Gasteiger partial charge in [-0.1, -0.05) is 24.3 Å². The lowest BCUT2D eigenvalue weighted by molar-refractivity contribution is 0.626. The predicted octanol–water partition coefficient (Wildman–Crippen LogP) is 4.75. The van der Waals surface area contributed by atoms with E-state index in [1.165, 1.54) is 6.33 Å². The van der Waals surface area contributed by atoms with Gasteiger partial charge in [0, 0.05) is 29.5 Å². The zero-order valence-electron chi connectivity index (χ0n) is 19.8. The maximum atomic E-state index is 6.39. The van der Waals surface area contributed by atoms with E-state index in [1.54, 1.807) is 12.4 Å². The number of rotatable bonds is 4. The number of hydrogen-bond acceptors (Lipinski definition) is 8. The van der Waals surface area contributed by atoms with Crippen LogP contribution in [0.3, 0.4) is 0 Å². The van der Waals surface area contributed by atoms with Crippen LogP contribution >= 0.6 is 0 Å². The van der Waals surface area contributed by atoms with E-state index in [2.05, 4.69) is 43.6 Å². The van der Waals surface area contributed by atoms with Crippen LogP contribution in [-0.4, -0.2) is 34.3 Å². The third-order valence-corrected chi connectivity index (χ3v) is 6.69. The highest BCUT2D eigenvalue weighted by Gasteiger charge is 2.23. The Morgan fingerprint density at radius 3 is 2.68 bits per heavy atom. The van der Waals surface area contributed by atoms with E-state index in [0.29, 0.717) is 16.9 Å². The molecule has 0 radical (unpaired) electrons. The van der Waals surface area contributed by atoms with Crippen molar-refractivity contribution in [1.29, 1.82) is 0 Å². The highest BCUT2D eigenvalue weighted by atomic mass is 16.4. The summed E-state index contributed by atoms with van der Waals surface area (Å²) in [7, 11) is 0. The summed E-state index contributed by atoms with van der Waals surface area (Å²) in [5, 5.41) is 6.87. The van der Waals surface area contributed by atoms with Crippen LogP contribution in [0.5, 0.6) is 0 Å². The van der Waals surface area contributed by atoms with Gasteiger partial charge in [0.15, 0.2) is 5.58 Å². The van der Waals surface area contributed by atoms with Crippen molar-refractivity contribution in [2.24, 2.45) is 0 Å².